The molecule has 6 heteroatoms. The zero-order valence-corrected chi connectivity index (χ0v) is 10.7. The molecule has 0 spiro atoms. The molecule has 0 bridgehead atoms. The van der Waals surface area contributed by atoms with E-state index in [1.807, 2.05) is 0 Å². The van der Waals surface area contributed by atoms with E-state index < -0.39 is 0 Å². The van der Waals surface area contributed by atoms with E-state index in [1.54, 1.807) is 18.3 Å². The second-order valence-electron chi connectivity index (χ2n) is 5.18. The predicted molar refractivity (Wildman–Crippen MR) is 69.7 cm³/mol. The van der Waals surface area contributed by atoms with E-state index in [1.165, 1.54) is 12.8 Å². The molecular formula is C13H18N4O2. The Balaban J connectivity index is 1.48. The first kappa shape index (κ1) is 12.3. The Labute approximate surface area is 111 Å². The van der Waals surface area contributed by atoms with Crippen LogP contribution in [0.4, 0.5) is 10.6 Å². The van der Waals surface area contributed by atoms with Gasteiger partial charge in [-0.3, -0.25) is 5.32 Å². The first-order valence-electron chi connectivity index (χ1n) is 6.78. The average molecular weight is 262 g/mol. The standard InChI is InChI=1S/C13H18N4O2/c18-13(16-12-2-1-6-14-17-12)15-10-5-7-19-11(8-10)9-3-4-9/h1-2,6,9-11H,3-5,7-8H2,(H2,15,16,17,18)/t10-,11-/m0/s1. The van der Waals surface area contributed by atoms with Crippen molar-refractivity contribution >= 4 is 11.8 Å². The molecule has 2 atom stereocenters. The van der Waals surface area contributed by atoms with Crippen LogP contribution in [-0.2, 0) is 4.74 Å². The molecule has 19 heavy (non-hydrogen) atoms. The van der Waals surface area contributed by atoms with Crippen LogP contribution in [0.25, 0.3) is 0 Å². The molecule has 2 fully saturated rings. The van der Waals surface area contributed by atoms with Crippen LogP contribution in [0.2, 0.25) is 0 Å². The van der Waals surface area contributed by atoms with Crippen LogP contribution in [0.15, 0.2) is 18.3 Å². The van der Waals surface area contributed by atoms with Crippen LogP contribution in [0.1, 0.15) is 25.7 Å². The number of anilines is 1. The quantitative estimate of drug-likeness (QED) is 0.866. The lowest BCUT2D eigenvalue weighted by Gasteiger charge is -2.30. The van der Waals surface area contributed by atoms with Gasteiger partial charge in [0.25, 0.3) is 0 Å². The average Bonchev–Trinajstić information content (AvgIpc) is 3.24. The number of hydrogen-bond acceptors (Lipinski definition) is 4. The Kier molecular flexibility index (Phi) is 3.59. The fourth-order valence-corrected chi connectivity index (χ4v) is 2.46. The number of hydrogen-bond donors (Lipinski definition) is 2. The van der Waals surface area contributed by atoms with Crippen molar-refractivity contribution in [3.05, 3.63) is 18.3 Å². The monoisotopic (exact) mass is 262 g/mol. The van der Waals surface area contributed by atoms with Crippen LogP contribution >= 0.6 is 0 Å². The van der Waals surface area contributed by atoms with Crippen LogP contribution in [0.3, 0.4) is 0 Å². The number of urea groups is 1. The minimum absolute atomic E-state index is 0.191. The van der Waals surface area contributed by atoms with Gasteiger partial charge >= 0.3 is 6.03 Å². The molecule has 1 saturated heterocycles. The highest BCUT2D eigenvalue weighted by Gasteiger charge is 2.36. The first-order valence-corrected chi connectivity index (χ1v) is 6.78. The second kappa shape index (κ2) is 5.52. The SMILES string of the molecule is O=C(Nc1cccnn1)N[C@H]1CCO[C@H](C2CC2)C1. The highest BCUT2D eigenvalue weighted by molar-refractivity contribution is 5.88. The summed E-state index contributed by atoms with van der Waals surface area (Å²) >= 11 is 0. The molecule has 2 amide bonds. The Morgan fingerprint density at radius 1 is 1.37 bits per heavy atom. The number of nitrogens with one attached hydrogen (secondary N) is 2. The van der Waals surface area contributed by atoms with Gasteiger partial charge < -0.3 is 10.1 Å². The normalized spacial score (nSPS) is 26.7. The number of ether oxygens (including phenoxy) is 1. The first-order chi connectivity index (χ1) is 9.31. The van der Waals surface area contributed by atoms with Gasteiger partial charge in [-0.05, 0) is 43.7 Å². The molecule has 0 unspecified atom stereocenters. The molecule has 2 aliphatic rings. The van der Waals surface area contributed by atoms with Crippen LogP contribution in [0, 0.1) is 5.92 Å². The van der Waals surface area contributed by atoms with Crippen molar-refractivity contribution in [3.63, 3.8) is 0 Å². The van der Waals surface area contributed by atoms with Crippen LogP contribution in [-0.4, -0.2) is 35.0 Å². The number of nitrogens with zero attached hydrogens (tertiary/aromatic N) is 2. The number of rotatable bonds is 3. The molecule has 3 rings (SSSR count). The lowest BCUT2D eigenvalue weighted by molar-refractivity contribution is -0.00889. The highest BCUT2D eigenvalue weighted by Crippen LogP contribution is 2.38. The number of amides is 2. The van der Waals surface area contributed by atoms with Crippen molar-refractivity contribution < 1.29 is 9.53 Å². The fraction of sp³-hybridized carbons (Fsp3) is 0.615. The van der Waals surface area contributed by atoms with Crippen molar-refractivity contribution in [1.29, 1.82) is 0 Å². The minimum atomic E-state index is -0.220. The summed E-state index contributed by atoms with van der Waals surface area (Å²) in [5, 5.41) is 13.2. The summed E-state index contributed by atoms with van der Waals surface area (Å²) in [6, 6.07) is 3.42. The molecule has 0 radical (unpaired) electrons. The number of carbonyl (C=O) groups excluding carboxylic acids is 1. The number of carbonyl (C=O) groups is 1. The summed E-state index contributed by atoms with van der Waals surface area (Å²) in [6.45, 7) is 0.733. The maximum absolute atomic E-state index is 11.8. The molecule has 0 aromatic carbocycles. The van der Waals surface area contributed by atoms with Gasteiger partial charge in [-0.2, -0.15) is 5.10 Å². The third-order valence-electron chi connectivity index (χ3n) is 3.61. The Bertz CT molecular complexity index is 436. The van der Waals surface area contributed by atoms with Gasteiger partial charge in [-0.15, -0.1) is 5.10 Å². The van der Waals surface area contributed by atoms with E-state index in [2.05, 4.69) is 20.8 Å². The fourth-order valence-electron chi connectivity index (χ4n) is 2.46. The largest absolute Gasteiger partial charge is 0.378 e. The smallest absolute Gasteiger partial charge is 0.320 e. The van der Waals surface area contributed by atoms with Crippen molar-refractivity contribution in [2.24, 2.45) is 5.92 Å². The third kappa shape index (κ3) is 3.41. The van der Waals surface area contributed by atoms with E-state index >= 15 is 0 Å². The summed E-state index contributed by atoms with van der Waals surface area (Å²) in [6.07, 6.45) is 6.22. The molecule has 1 aromatic heterocycles. The summed E-state index contributed by atoms with van der Waals surface area (Å²) in [7, 11) is 0. The lowest BCUT2D eigenvalue weighted by Crippen LogP contribution is -2.44. The van der Waals surface area contributed by atoms with E-state index in [4.69, 9.17) is 4.74 Å². The predicted octanol–water partition coefficient (Wildman–Crippen LogP) is 1.56. The van der Waals surface area contributed by atoms with Crippen molar-refractivity contribution in [2.45, 2.75) is 37.8 Å². The van der Waals surface area contributed by atoms with E-state index in [0.717, 1.165) is 19.4 Å². The van der Waals surface area contributed by atoms with Gasteiger partial charge in [0.1, 0.15) is 0 Å². The number of aromatic nitrogens is 2. The summed E-state index contributed by atoms with van der Waals surface area (Å²) < 4.78 is 5.74. The maximum atomic E-state index is 11.8. The summed E-state index contributed by atoms with van der Waals surface area (Å²) in [5.41, 5.74) is 0. The van der Waals surface area contributed by atoms with Gasteiger partial charge in [0, 0.05) is 18.8 Å². The molecule has 1 aliphatic heterocycles. The molecular weight excluding hydrogens is 244 g/mol. The van der Waals surface area contributed by atoms with Crippen molar-refractivity contribution in [3.8, 4) is 0 Å². The van der Waals surface area contributed by atoms with Gasteiger partial charge in [0.05, 0.1) is 6.10 Å². The zero-order chi connectivity index (χ0) is 13.1. The van der Waals surface area contributed by atoms with Gasteiger partial charge in [-0.1, -0.05) is 0 Å². The molecule has 2 N–H and O–H groups in total. The molecule has 102 valence electrons. The lowest BCUT2D eigenvalue weighted by atomic mass is 10.0. The van der Waals surface area contributed by atoms with Crippen molar-refractivity contribution in [1.82, 2.24) is 15.5 Å². The third-order valence-corrected chi connectivity index (χ3v) is 3.61. The minimum Gasteiger partial charge on any atom is -0.378 e. The summed E-state index contributed by atoms with van der Waals surface area (Å²) in [5.74, 6) is 1.18. The maximum Gasteiger partial charge on any atom is 0.320 e. The molecule has 6 nitrogen and oxygen atoms in total. The molecule has 1 aromatic rings. The van der Waals surface area contributed by atoms with E-state index in [0.29, 0.717) is 17.8 Å². The zero-order valence-electron chi connectivity index (χ0n) is 10.7. The van der Waals surface area contributed by atoms with E-state index in [9.17, 15) is 4.79 Å². The molecule has 1 saturated carbocycles. The van der Waals surface area contributed by atoms with Gasteiger partial charge in [0.15, 0.2) is 5.82 Å². The van der Waals surface area contributed by atoms with Crippen LogP contribution in [0.5, 0.6) is 0 Å². The van der Waals surface area contributed by atoms with Gasteiger partial charge in [0.2, 0.25) is 0 Å². The second-order valence-corrected chi connectivity index (χ2v) is 5.18. The Hall–Kier alpha value is -1.69. The Morgan fingerprint density at radius 3 is 3.00 bits per heavy atom. The molecule has 2 heterocycles. The highest BCUT2D eigenvalue weighted by atomic mass is 16.5. The summed E-state index contributed by atoms with van der Waals surface area (Å²) in [4.78, 5) is 11.8. The Morgan fingerprint density at radius 2 is 2.26 bits per heavy atom. The van der Waals surface area contributed by atoms with Crippen LogP contribution < -0.4 is 10.6 Å². The topological polar surface area (TPSA) is 76.1 Å². The van der Waals surface area contributed by atoms with Crippen molar-refractivity contribution in [2.75, 3.05) is 11.9 Å². The van der Waals surface area contributed by atoms with Gasteiger partial charge in [-0.25, -0.2) is 4.79 Å². The molecule has 1 aliphatic carbocycles. The van der Waals surface area contributed by atoms with E-state index in [-0.39, 0.29) is 12.1 Å².